The first-order valence-electron chi connectivity index (χ1n) is 4.70. The van der Waals surface area contributed by atoms with Crippen LogP contribution in [0.5, 0.6) is 0 Å². The maximum Gasteiger partial charge on any atom is 0.252 e. The summed E-state index contributed by atoms with van der Waals surface area (Å²) >= 11 is 0. The van der Waals surface area contributed by atoms with Gasteiger partial charge in [0.2, 0.25) is 5.91 Å². The Morgan fingerprint density at radius 2 is 2.29 bits per heavy atom. The van der Waals surface area contributed by atoms with E-state index < -0.39 is 5.91 Å². The summed E-state index contributed by atoms with van der Waals surface area (Å²) in [5.74, 6) is -0.404. The minimum Gasteiger partial charge on any atom is -0.333 e. The lowest BCUT2D eigenvalue weighted by Crippen LogP contribution is -2.39. The van der Waals surface area contributed by atoms with Crippen LogP contribution in [0.1, 0.15) is 25.7 Å². The number of carbonyl (C=O) groups is 2. The largest absolute Gasteiger partial charge is 0.333 e. The molecular formula is C9H13N3O2. The van der Waals surface area contributed by atoms with Crippen molar-refractivity contribution in [1.82, 2.24) is 10.2 Å². The van der Waals surface area contributed by atoms with Gasteiger partial charge in [-0.05, 0) is 12.8 Å². The lowest BCUT2D eigenvalue weighted by Gasteiger charge is -2.18. The van der Waals surface area contributed by atoms with Crippen molar-refractivity contribution >= 4 is 11.8 Å². The first-order chi connectivity index (χ1) is 6.74. The van der Waals surface area contributed by atoms with Gasteiger partial charge in [0.15, 0.2) is 6.19 Å². The van der Waals surface area contributed by atoms with Gasteiger partial charge in [0.25, 0.3) is 5.91 Å². The molecule has 0 spiro atoms. The summed E-state index contributed by atoms with van der Waals surface area (Å²) in [5, 5.41) is 10.2. The first kappa shape index (κ1) is 10.5. The molecule has 0 bridgehead atoms. The van der Waals surface area contributed by atoms with Crippen LogP contribution in [0.15, 0.2) is 0 Å². The fourth-order valence-electron chi connectivity index (χ4n) is 1.48. The summed E-state index contributed by atoms with van der Waals surface area (Å²) in [6.45, 7) is 0.629. The maximum absolute atomic E-state index is 11.4. The van der Waals surface area contributed by atoms with Crippen molar-refractivity contribution in [3.8, 4) is 6.19 Å². The van der Waals surface area contributed by atoms with E-state index in [4.69, 9.17) is 5.26 Å². The van der Waals surface area contributed by atoms with Gasteiger partial charge in [-0.1, -0.05) is 6.42 Å². The molecule has 0 atom stereocenters. The number of amides is 2. The number of nitrogens with one attached hydrogen (secondary N) is 1. The van der Waals surface area contributed by atoms with Gasteiger partial charge in [0, 0.05) is 13.0 Å². The summed E-state index contributed by atoms with van der Waals surface area (Å²) in [6.07, 6.45) is 4.93. The molecule has 1 aliphatic heterocycles. The highest BCUT2D eigenvalue weighted by Gasteiger charge is 2.18. The van der Waals surface area contributed by atoms with Gasteiger partial charge in [-0.25, -0.2) is 0 Å². The highest BCUT2D eigenvalue weighted by atomic mass is 16.2. The Hall–Kier alpha value is -1.57. The normalized spacial score (nSPS) is 17.1. The predicted octanol–water partition coefficient (Wildman–Crippen LogP) is -0.0137. The van der Waals surface area contributed by atoms with Crippen LogP contribution in [0.2, 0.25) is 0 Å². The molecule has 0 radical (unpaired) electrons. The zero-order valence-electron chi connectivity index (χ0n) is 7.95. The molecular weight excluding hydrogens is 182 g/mol. The Kier molecular flexibility index (Phi) is 3.92. The maximum atomic E-state index is 11.4. The van der Waals surface area contributed by atoms with Crippen molar-refractivity contribution in [3.63, 3.8) is 0 Å². The minimum atomic E-state index is -0.414. The summed E-state index contributed by atoms with van der Waals surface area (Å²) < 4.78 is 0. The molecule has 0 aromatic heterocycles. The second-order valence-corrected chi connectivity index (χ2v) is 3.29. The van der Waals surface area contributed by atoms with E-state index in [1.54, 1.807) is 6.19 Å². The van der Waals surface area contributed by atoms with E-state index in [2.05, 4.69) is 0 Å². The van der Waals surface area contributed by atoms with Crippen molar-refractivity contribution in [2.75, 3.05) is 13.1 Å². The molecule has 76 valence electrons. The lowest BCUT2D eigenvalue weighted by atomic mass is 10.2. The van der Waals surface area contributed by atoms with E-state index in [1.165, 1.54) is 4.90 Å². The predicted molar refractivity (Wildman–Crippen MR) is 48.8 cm³/mol. The van der Waals surface area contributed by atoms with E-state index >= 15 is 0 Å². The Balaban J connectivity index is 2.45. The van der Waals surface area contributed by atoms with Crippen LogP contribution in [0.4, 0.5) is 0 Å². The zero-order chi connectivity index (χ0) is 10.4. The van der Waals surface area contributed by atoms with Gasteiger partial charge in [-0.15, -0.1) is 0 Å². The third-order valence-electron chi connectivity index (χ3n) is 2.20. The standard InChI is InChI=1S/C9H13N3O2/c10-7-11-8(13)6-12-5-3-1-2-4-9(12)14/h1-6H2,(H,11,13). The van der Waals surface area contributed by atoms with Crippen LogP contribution in [0.25, 0.3) is 0 Å². The Labute approximate surface area is 82.7 Å². The van der Waals surface area contributed by atoms with E-state index in [9.17, 15) is 9.59 Å². The molecule has 0 unspecified atom stereocenters. The minimum absolute atomic E-state index is 0.00634. The van der Waals surface area contributed by atoms with E-state index in [0.29, 0.717) is 13.0 Å². The average molecular weight is 195 g/mol. The highest BCUT2D eigenvalue weighted by Crippen LogP contribution is 2.10. The SMILES string of the molecule is N#CNC(=O)CN1CCCCCC1=O. The van der Waals surface area contributed by atoms with Gasteiger partial charge < -0.3 is 4.90 Å². The van der Waals surface area contributed by atoms with Gasteiger partial charge in [0.1, 0.15) is 6.54 Å². The molecule has 5 nitrogen and oxygen atoms in total. The summed E-state index contributed by atoms with van der Waals surface area (Å²) in [5.41, 5.74) is 0. The molecule has 1 rings (SSSR count). The Morgan fingerprint density at radius 1 is 1.50 bits per heavy atom. The molecule has 1 heterocycles. The third kappa shape index (κ3) is 3.05. The van der Waals surface area contributed by atoms with Crippen molar-refractivity contribution in [1.29, 1.82) is 5.26 Å². The average Bonchev–Trinajstić information content (AvgIpc) is 2.33. The number of carbonyl (C=O) groups excluding carboxylic acids is 2. The van der Waals surface area contributed by atoms with Crippen molar-refractivity contribution < 1.29 is 9.59 Å². The summed E-state index contributed by atoms with van der Waals surface area (Å²) in [6, 6.07) is 0. The quantitative estimate of drug-likeness (QED) is 0.497. The molecule has 0 aromatic rings. The van der Waals surface area contributed by atoms with Gasteiger partial charge in [-0.2, -0.15) is 5.26 Å². The van der Waals surface area contributed by atoms with E-state index in [0.717, 1.165) is 19.3 Å². The molecule has 1 fully saturated rings. The first-order valence-corrected chi connectivity index (χ1v) is 4.70. The van der Waals surface area contributed by atoms with Crippen LogP contribution in [0.3, 0.4) is 0 Å². The third-order valence-corrected chi connectivity index (χ3v) is 2.20. The summed E-state index contributed by atoms with van der Waals surface area (Å²) in [7, 11) is 0. The number of likely N-dealkylation sites (tertiary alicyclic amines) is 1. The molecule has 1 saturated heterocycles. The Bertz CT molecular complexity index is 270. The molecule has 5 heteroatoms. The van der Waals surface area contributed by atoms with Gasteiger partial charge >= 0.3 is 0 Å². The van der Waals surface area contributed by atoms with Gasteiger partial charge in [-0.3, -0.25) is 14.9 Å². The molecule has 1 aliphatic rings. The molecule has 0 aliphatic carbocycles. The zero-order valence-corrected chi connectivity index (χ0v) is 7.95. The van der Waals surface area contributed by atoms with Crippen molar-refractivity contribution in [2.45, 2.75) is 25.7 Å². The van der Waals surface area contributed by atoms with E-state index in [-0.39, 0.29) is 12.5 Å². The fourth-order valence-corrected chi connectivity index (χ4v) is 1.48. The number of nitrogens with zero attached hydrogens (tertiary/aromatic N) is 2. The molecule has 0 aromatic carbocycles. The molecule has 0 saturated carbocycles. The molecule has 2 amide bonds. The van der Waals surface area contributed by atoms with Crippen LogP contribution in [0, 0.1) is 11.5 Å². The molecule has 14 heavy (non-hydrogen) atoms. The highest BCUT2D eigenvalue weighted by molar-refractivity contribution is 5.85. The van der Waals surface area contributed by atoms with Crippen LogP contribution >= 0.6 is 0 Å². The smallest absolute Gasteiger partial charge is 0.252 e. The van der Waals surface area contributed by atoms with E-state index in [1.807, 2.05) is 5.32 Å². The van der Waals surface area contributed by atoms with Crippen LogP contribution in [-0.4, -0.2) is 29.8 Å². The summed E-state index contributed by atoms with van der Waals surface area (Å²) in [4.78, 5) is 24.0. The van der Waals surface area contributed by atoms with Crippen LogP contribution < -0.4 is 5.32 Å². The number of rotatable bonds is 2. The fraction of sp³-hybridized carbons (Fsp3) is 0.667. The second-order valence-electron chi connectivity index (χ2n) is 3.29. The monoisotopic (exact) mass is 195 g/mol. The number of hydrogen-bond acceptors (Lipinski definition) is 3. The number of nitriles is 1. The second kappa shape index (κ2) is 5.22. The van der Waals surface area contributed by atoms with Crippen molar-refractivity contribution in [2.24, 2.45) is 0 Å². The van der Waals surface area contributed by atoms with Crippen molar-refractivity contribution in [3.05, 3.63) is 0 Å². The Morgan fingerprint density at radius 3 is 3.00 bits per heavy atom. The van der Waals surface area contributed by atoms with Gasteiger partial charge in [0.05, 0.1) is 0 Å². The molecule has 1 N–H and O–H groups in total. The lowest BCUT2D eigenvalue weighted by molar-refractivity contribution is -0.135. The topological polar surface area (TPSA) is 73.2 Å². The van der Waals surface area contributed by atoms with Crippen LogP contribution in [-0.2, 0) is 9.59 Å². The number of hydrogen-bond donors (Lipinski definition) is 1.